The number of halogens is 3. The molecule has 14 N–H and O–H groups in total. The van der Waals surface area contributed by atoms with Gasteiger partial charge in [-0.3, -0.25) is 14.4 Å². The summed E-state index contributed by atoms with van der Waals surface area (Å²) in [6.07, 6.45) is 25.4. The Bertz CT molecular complexity index is 3070. The first-order chi connectivity index (χ1) is 47.9. The maximum Gasteiger partial charge on any atom is 0.306 e. The van der Waals surface area contributed by atoms with Gasteiger partial charge in [0.1, 0.15) is 11.4 Å². The number of aliphatic carboxylic acids is 1. The molecule has 17 aliphatic rings. The third-order valence-electron chi connectivity index (χ3n) is 32.6. The molecular formula is C84H143I3O19. The van der Waals surface area contributed by atoms with Crippen LogP contribution in [0, 0.1) is 115 Å². The number of carboxylic acids is 1. The molecule has 1 spiro atoms. The molecule has 0 aromatic heterocycles. The SMILES string of the molecule is CC(C)(O)CCC(=O)O.CC1(C)CCC(=O)C[C@]1(C)O.CC1(C)CCC(O)O1.CC1(C)CCC(O)O1.CC1(C)CC[C@H](O)C[C@]1(C)O.C[C@]12CCC3C(C1[C@@H]1C[C@@H]1[C@@]2(O)CCCO)[C@H]1C[C@H]1[C@]1(O)C[C@@H](O)CC[C@]31C.C[C@]12CC[C@H](O)C=C1[C@@H]1C[C@@H]1C1C2CC[C@@]2(C)C1[C@@H]1C[C@@H]1[C@@]21CCC(=O)O1.I.II.O. The fraction of sp³-hybridized carbons (Fsp3) is 0.940. The molecule has 28 atom stereocenters. The summed E-state index contributed by atoms with van der Waals surface area (Å²) in [5, 5.41) is 118. The normalized spacial score (nSPS) is 48.8. The van der Waals surface area contributed by atoms with Gasteiger partial charge in [-0.05, 0) is 294 Å². The van der Waals surface area contributed by atoms with Crippen molar-refractivity contribution in [2.45, 2.75) is 373 Å². The van der Waals surface area contributed by atoms with Crippen molar-refractivity contribution in [2.75, 3.05) is 6.61 Å². The minimum Gasteiger partial charge on any atom is -0.481 e. The molecule has 3 heterocycles. The molecule has 19 nitrogen and oxygen atoms in total. The molecule has 14 aliphatic carbocycles. The van der Waals surface area contributed by atoms with E-state index in [1.54, 1.807) is 26.3 Å². The standard InChI is InChI=1S/C24H38O4.C24H32O3.C9H18O2.C9H16O2.C6H12O3.2C6H12O2.I2.HI.H2O/c1-21-7-4-13(26)12-24(21,28)17-10-14(17)19-16(21)5-8-22(2)20(19)15-11-18(15)23(22,27)6-3-9-25;1-22-6-3-12(25)9-17(22)13-10-14(13)20-16(22)4-7-23(2)21(20)15-11-18(15)24(23)8-5-19(26)27-24;2*1-8(2)5-4-7(10)6-9(8,3)11;1-6(2,9)4-3-5(7)8;2*1-6(2)4-3-5(7)8-6;1-2;;/h13-20,25-28H,3-12H2,1-2H3;9,12-16,18,20-21,25H,3-8,10-11H2,1-2H3;7,10-11H,4-6H2,1-3H3;11H,4-6H2,1-3H3;9H,3-4H2,1-2H3,(H,7,8);2*5,7H,3-4H2,1-2H3;;1H;1H2/t13-,14-,15+,16?,17+,18-,19?,20?,21+,22-,23-,24+;12-,13+,14-,15+,16?,18-,20?,21?,22+,23-,24-;7-,9-;9-;;;;;;/m0000....../s1. The minimum absolute atomic E-state index is 0. The molecule has 13 saturated carbocycles. The molecule has 106 heavy (non-hydrogen) atoms. The van der Waals surface area contributed by atoms with Crippen molar-refractivity contribution in [3.63, 3.8) is 0 Å². The fourth-order valence-corrected chi connectivity index (χ4v) is 25.4. The van der Waals surface area contributed by atoms with Crippen LogP contribution in [0.3, 0.4) is 0 Å². The molecule has 17 rings (SSSR count). The average molecular weight is 1840 g/mol. The lowest BCUT2D eigenvalue weighted by molar-refractivity contribution is -0.237. The number of ketones is 1. The lowest BCUT2D eigenvalue weighted by Gasteiger charge is -2.64. The second kappa shape index (κ2) is 32.5. The summed E-state index contributed by atoms with van der Waals surface area (Å²) in [5.74, 6) is 8.66. The highest BCUT2D eigenvalue weighted by Gasteiger charge is 2.83. The zero-order valence-corrected chi connectivity index (χ0v) is 73.9. The Morgan fingerprint density at radius 1 is 0.566 bits per heavy atom. The number of carbonyl (C=O) groups is 3. The van der Waals surface area contributed by atoms with E-state index in [4.69, 9.17) is 34.6 Å². The number of ether oxygens (including phenoxy) is 3. The van der Waals surface area contributed by atoms with Crippen LogP contribution in [0.4, 0.5) is 0 Å². The van der Waals surface area contributed by atoms with Gasteiger partial charge in [0.15, 0.2) is 12.6 Å². The maximum absolute atomic E-state index is 12.2. The lowest BCUT2D eigenvalue weighted by atomic mass is 9.42. The summed E-state index contributed by atoms with van der Waals surface area (Å²) in [6.45, 7) is 32.8. The third kappa shape index (κ3) is 17.4. The van der Waals surface area contributed by atoms with Crippen molar-refractivity contribution in [2.24, 2.45) is 115 Å². The molecule has 22 heteroatoms. The zero-order chi connectivity index (χ0) is 77.3. The molecule has 8 unspecified atom stereocenters. The summed E-state index contributed by atoms with van der Waals surface area (Å²) in [6, 6.07) is 0. The van der Waals surface area contributed by atoms with Gasteiger partial charge in [-0.1, -0.05) is 67.0 Å². The first kappa shape index (κ1) is 91.5. The van der Waals surface area contributed by atoms with Gasteiger partial charge >= 0.3 is 11.9 Å². The van der Waals surface area contributed by atoms with Crippen LogP contribution in [-0.2, 0) is 28.6 Å². The average Bonchev–Trinajstić information content (AvgIpc) is 1.48. The summed E-state index contributed by atoms with van der Waals surface area (Å²) in [7, 11) is 0. The van der Waals surface area contributed by atoms with Crippen molar-refractivity contribution in [3.05, 3.63) is 11.6 Å². The number of carboxylic acid groups (broad SMARTS) is 1. The van der Waals surface area contributed by atoms with Gasteiger partial charge in [0.25, 0.3) is 0 Å². The van der Waals surface area contributed by atoms with Crippen molar-refractivity contribution in [1.29, 1.82) is 0 Å². The zero-order valence-electron chi connectivity index (χ0n) is 67.2. The van der Waals surface area contributed by atoms with E-state index in [1.165, 1.54) is 38.5 Å². The topological polar surface area (TPSA) is 353 Å². The molecule has 3 aliphatic heterocycles. The first-order valence-electron chi connectivity index (χ1n) is 40.7. The van der Waals surface area contributed by atoms with Gasteiger partial charge in [0.2, 0.25) is 0 Å². The Hall–Kier alpha value is -0.0200. The Morgan fingerprint density at radius 2 is 1.08 bits per heavy atom. The van der Waals surface area contributed by atoms with Gasteiger partial charge < -0.3 is 81.0 Å². The molecule has 0 aromatic rings. The second-order valence-electron chi connectivity index (χ2n) is 41.2. The van der Waals surface area contributed by atoms with E-state index >= 15 is 0 Å². The first-order valence-corrected chi connectivity index (χ1v) is 47.0. The summed E-state index contributed by atoms with van der Waals surface area (Å²) in [4.78, 5) is 33.1. The number of fused-ring (bicyclic) bond motifs is 22. The van der Waals surface area contributed by atoms with Crippen molar-refractivity contribution < 1.29 is 95.3 Å². The number of esters is 1. The van der Waals surface area contributed by atoms with Crippen LogP contribution in [0.15, 0.2) is 11.6 Å². The fourth-order valence-electron chi connectivity index (χ4n) is 25.4. The molecule has 0 amide bonds. The molecule has 0 radical (unpaired) electrons. The van der Waals surface area contributed by atoms with E-state index in [0.29, 0.717) is 97.7 Å². The highest BCUT2D eigenvalue weighted by Crippen LogP contribution is 2.84. The lowest BCUT2D eigenvalue weighted by Crippen LogP contribution is -2.65. The summed E-state index contributed by atoms with van der Waals surface area (Å²) in [5.41, 5.74) is -2.02. The largest absolute Gasteiger partial charge is 0.481 e. The van der Waals surface area contributed by atoms with Crippen molar-refractivity contribution in [3.8, 4) is 0 Å². The number of rotatable bonds is 6. The predicted octanol–water partition coefficient (Wildman–Crippen LogP) is 13.6. The summed E-state index contributed by atoms with van der Waals surface area (Å²) >= 11 is 4.24. The van der Waals surface area contributed by atoms with E-state index in [1.807, 2.05) is 48.5 Å². The quantitative estimate of drug-likeness (QED) is 0.0668. The number of hydrogen-bond acceptors (Lipinski definition) is 17. The van der Waals surface area contributed by atoms with Gasteiger partial charge in [0, 0.05) is 107 Å². The van der Waals surface area contributed by atoms with Crippen LogP contribution >= 0.6 is 61.2 Å². The monoisotopic (exact) mass is 1840 g/mol. The number of aliphatic hydroxyl groups excluding tert-OH is 6. The van der Waals surface area contributed by atoms with Crippen LogP contribution < -0.4 is 0 Å². The van der Waals surface area contributed by atoms with Gasteiger partial charge in [-0.25, -0.2) is 0 Å². The highest BCUT2D eigenvalue weighted by atomic mass is 128. The second-order valence-corrected chi connectivity index (χ2v) is 41.2. The number of hydrogen-bond donors (Lipinski definition) is 12. The van der Waals surface area contributed by atoms with Crippen LogP contribution in [0.2, 0.25) is 0 Å². The Balaban J connectivity index is 0.000000167. The van der Waals surface area contributed by atoms with Crippen LogP contribution in [-0.4, -0.2) is 167 Å². The smallest absolute Gasteiger partial charge is 0.306 e. The van der Waals surface area contributed by atoms with Crippen LogP contribution in [0.5, 0.6) is 0 Å². The Morgan fingerprint density at radius 3 is 1.58 bits per heavy atom. The van der Waals surface area contributed by atoms with E-state index in [0.717, 1.165) is 132 Å². The number of Topliss-reactive ketones (excluding diaryl/α,β-unsaturated/α-hetero) is 1. The van der Waals surface area contributed by atoms with E-state index < -0.39 is 46.6 Å². The van der Waals surface area contributed by atoms with E-state index in [2.05, 4.69) is 84.9 Å². The molecule has 16 fully saturated rings. The molecule has 3 saturated heterocycles. The highest BCUT2D eigenvalue weighted by molar-refractivity contribution is 15.0. The number of aliphatic hydroxyl groups is 11. The Kier molecular flexibility index (Phi) is 28.0. The Labute approximate surface area is 675 Å². The van der Waals surface area contributed by atoms with Gasteiger partial charge in [-0.15, -0.1) is 24.0 Å². The number of allylic oxidation sites excluding steroid dienone is 1. The summed E-state index contributed by atoms with van der Waals surface area (Å²) < 4.78 is 16.4. The van der Waals surface area contributed by atoms with E-state index in [-0.39, 0.29) is 116 Å². The van der Waals surface area contributed by atoms with Crippen LogP contribution in [0.25, 0.3) is 0 Å². The van der Waals surface area contributed by atoms with Crippen molar-refractivity contribution >= 4 is 78.9 Å². The van der Waals surface area contributed by atoms with Gasteiger partial charge in [0.05, 0.1) is 57.5 Å². The minimum atomic E-state index is -0.864. The van der Waals surface area contributed by atoms with Crippen molar-refractivity contribution in [1.82, 2.24) is 0 Å². The van der Waals surface area contributed by atoms with Crippen LogP contribution in [0.1, 0.15) is 297 Å². The molecular weight excluding hydrogens is 1690 g/mol. The molecule has 614 valence electrons. The number of carbonyl (C=O) groups excluding carboxylic acids is 2. The predicted molar refractivity (Wildman–Crippen MR) is 434 cm³/mol. The third-order valence-corrected chi connectivity index (χ3v) is 32.6. The molecule has 0 aromatic carbocycles. The maximum atomic E-state index is 12.2. The molecule has 0 bridgehead atoms. The van der Waals surface area contributed by atoms with Gasteiger partial charge in [-0.2, -0.15) is 0 Å². The van der Waals surface area contributed by atoms with E-state index in [9.17, 15) is 55.2 Å².